The highest BCUT2D eigenvalue weighted by atomic mass is 35.5. The van der Waals surface area contributed by atoms with Crippen molar-refractivity contribution in [3.8, 4) is 23.1 Å². The lowest BCUT2D eigenvalue weighted by Crippen LogP contribution is -2.37. The summed E-state index contributed by atoms with van der Waals surface area (Å²) in [4.78, 5) is 2.41. The molecule has 0 radical (unpaired) electrons. The number of aryl methyl sites for hydroxylation is 1. The van der Waals surface area contributed by atoms with Crippen LogP contribution >= 0.6 is 11.6 Å². The minimum absolute atomic E-state index is 0.0114. The van der Waals surface area contributed by atoms with Crippen molar-refractivity contribution in [2.75, 3.05) is 45.6 Å². The summed E-state index contributed by atoms with van der Waals surface area (Å²) in [5.74, 6) is 6.31. The zero-order chi connectivity index (χ0) is 27.4. The number of hydrogen-bond acceptors (Lipinski definition) is 6. The van der Waals surface area contributed by atoms with Crippen molar-refractivity contribution in [3.05, 3.63) is 75.4 Å². The van der Waals surface area contributed by atoms with Crippen molar-refractivity contribution in [1.82, 2.24) is 19.0 Å². The number of aliphatic hydroxyl groups excluding tert-OH is 1. The van der Waals surface area contributed by atoms with Crippen LogP contribution in [0.25, 0.3) is 11.3 Å². The molecule has 2 aromatic carbocycles. The highest BCUT2D eigenvalue weighted by Crippen LogP contribution is 2.33. The quantitative estimate of drug-likeness (QED) is 0.441. The normalized spacial score (nSPS) is 16.5. The Morgan fingerprint density at radius 3 is 2.54 bits per heavy atom. The molecule has 0 saturated carbocycles. The molecule has 5 rings (SSSR count). The fourth-order valence-electron chi connectivity index (χ4n) is 5.04. The van der Waals surface area contributed by atoms with E-state index < -0.39 is 10.0 Å². The average Bonchev–Trinajstić information content (AvgIpc) is 3.31. The maximum atomic E-state index is 12.4. The summed E-state index contributed by atoms with van der Waals surface area (Å²) in [7, 11) is -3.33. The third-order valence-corrected chi connectivity index (χ3v) is 8.81. The van der Waals surface area contributed by atoms with Gasteiger partial charge in [-0.3, -0.25) is 9.58 Å². The van der Waals surface area contributed by atoms with Gasteiger partial charge in [-0.2, -0.15) is 9.40 Å². The van der Waals surface area contributed by atoms with Crippen LogP contribution < -0.4 is 0 Å². The smallest absolute Gasteiger partial charge is 0.211 e. The summed E-state index contributed by atoms with van der Waals surface area (Å²) in [5.41, 5.74) is 5.99. The maximum Gasteiger partial charge on any atom is 0.211 e. The first-order valence-corrected chi connectivity index (χ1v) is 15.4. The van der Waals surface area contributed by atoms with Crippen molar-refractivity contribution in [2.45, 2.75) is 32.5 Å². The van der Waals surface area contributed by atoms with Crippen LogP contribution in [0.3, 0.4) is 0 Å². The van der Waals surface area contributed by atoms with Gasteiger partial charge in [0, 0.05) is 73.6 Å². The number of rotatable bonds is 7. The number of ether oxygens (including phenoxy) is 1. The van der Waals surface area contributed by atoms with Crippen molar-refractivity contribution in [1.29, 1.82) is 0 Å². The molecular formula is C29H33ClN4O4S. The van der Waals surface area contributed by atoms with Crippen LogP contribution in [0.2, 0.25) is 5.02 Å². The summed E-state index contributed by atoms with van der Waals surface area (Å²) in [5, 5.41) is 14.8. The Labute approximate surface area is 235 Å². The van der Waals surface area contributed by atoms with E-state index >= 15 is 0 Å². The van der Waals surface area contributed by atoms with E-state index in [4.69, 9.17) is 21.4 Å². The van der Waals surface area contributed by atoms with E-state index in [1.165, 1.54) is 10.6 Å². The third kappa shape index (κ3) is 6.72. The molecule has 1 saturated heterocycles. The van der Waals surface area contributed by atoms with E-state index in [9.17, 15) is 13.5 Å². The number of nitrogens with zero attached hydrogens (tertiary/aromatic N) is 4. The van der Waals surface area contributed by atoms with Gasteiger partial charge in [-0.05, 0) is 36.2 Å². The highest BCUT2D eigenvalue weighted by molar-refractivity contribution is 7.88. The second-order valence-corrected chi connectivity index (χ2v) is 12.3. The van der Waals surface area contributed by atoms with Gasteiger partial charge in [0.25, 0.3) is 0 Å². The van der Waals surface area contributed by atoms with Gasteiger partial charge in [-0.15, -0.1) is 0 Å². The Balaban J connectivity index is 1.44. The molecule has 0 aliphatic carbocycles. The molecule has 0 spiro atoms. The number of hydrogen-bond donors (Lipinski definition) is 1. The number of halogens is 1. The second kappa shape index (κ2) is 12.2. The zero-order valence-corrected chi connectivity index (χ0v) is 23.6. The van der Waals surface area contributed by atoms with Crippen LogP contribution in [0.4, 0.5) is 0 Å². The summed E-state index contributed by atoms with van der Waals surface area (Å²) < 4.78 is 33.8. The van der Waals surface area contributed by atoms with Crippen molar-refractivity contribution in [3.63, 3.8) is 0 Å². The van der Waals surface area contributed by atoms with E-state index in [0.29, 0.717) is 30.1 Å². The van der Waals surface area contributed by atoms with Crippen LogP contribution in [0.5, 0.6) is 0 Å². The monoisotopic (exact) mass is 568 g/mol. The minimum atomic E-state index is -3.33. The molecule has 3 aromatic rings. The van der Waals surface area contributed by atoms with Crippen LogP contribution in [-0.2, 0) is 40.9 Å². The van der Waals surface area contributed by atoms with Gasteiger partial charge >= 0.3 is 0 Å². The van der Waals surface area contributed by atoms with Gasteiger partial charge in [0.1, 0.15) is 0 Å². The number of aromatic nitrogens is 2. The maximum absolute atomic E-state index is 12.4. The Morgan fingerprint density at radius 1 is 1.05 bits per heavy atom. The average molecular weight is 569 g/mol. The first-order chi connectivity index (χ1) is 18.8. The van der Waals surface area contributed by atoms with Gasteiger partial charge < -0.3 is 9.84 Å². The summed E-state index contributed by atoms with van der Waals surface area (Å²) in [6, 6.07) is 13.1. The molecule has 1 aromatic heterocycles. The van der Waals surface area contributed by atoms with Crippen LogP contribution in [0, 0.1) is 11.8 Å². The van der Waals surface area contributed by atoms with Gasteiger partial charge in [-0.1, -0.05) is 41.6 Å². The van der Waals surface area contributed by atoms with Crippen LogP contribution in [-0.4, -0.2) is 78.2 Å². The molecule has 1 fully saturated rings. The van der Waals surface area contributed by atoms with E-state index in [1.807, 2.05) is 42.5 Å². The van der Waals surface area contributed by atoms with E-state index in [0.717, 1.165) is 79.5 Å². The largest absolute Gasteiger partial charge is 0.392 e. The van der Waals surface area contributed by atoms with Crippen molar-refractivity contribution in [2.24, 2.45) is 0 Å². The predicted octanol–water partition coefficient (Wildman–Crippen LogP) is 3.14. The lowest BCUT2D eigenvalue weighted by molar-refractivity contribution is 0.0368. The molecule has 0 unspecified atom stereocenters. The molecule has 206 valence electrons. The van der Waals surface area contributed by atoms with E-state index in [-0.39, 0.29) is 6.61 Å². The first kappa shape index (κ1) is 27.8. The molecule has 1 N–H and O–H groups in total. The molecule has 39 heavy (non-hydrogen) atoms. The fraction of sp³-hybridized carbons (Fsp3) is 0.414. The lowest BCUT2D eigenvalue weighted by Gasteiger charge is -2.27. The molecule has 0 atom stereocenters. The molecule has 10 heteroatoms. The standard InChI is InChI=1S/C29H33ClN4O4S/c1-39(36,37)33-14-11-28-26(20-33)29(31-34(28)13-2-12-32-15-17-38-18-16-32)25-9-10-27(30)24(19-25)8-7-22-3-5-23(21-35)6-4-22/h3-6,9-10,19,35H,2,11-18,20-21H2,1H3. The zero-order valence-electron chi connectivity index (χ0n) is 22.1. The minimum Gasteiger partial charge on any atom is -0.392 e. The molecule has 2 aliphatic rings. The van der Waals surface area contributed by atoms with Gasteiger partial charge in [0.05, 0.1) is 36.8 Å². The molecule has 3 heterocycles. The SMILES string of the molecule is CS(=O)(=O)N1CCc2c(c(-c3ccc(Cl)c(C#Cc4ccc(CO)cc4)c3)nn2CCCN2CCOCC2)C1. The first-order valence-electron chi connectivity index (χ1n) is 13.2. The third-order valence-electron chi connectivity index (χ3n) is 7.23. The lowest BCUT2D eigenvalue weighted by atomic mass is 10.0. The molecular weight excluding hydrogens is 536 g/mol. The van der Waals surface area contributed by atoms with Gasteiger partial charge in [0.15, 0.2) is 0 Å². The number of sulfonamides is 1. The summed E-state index contributed by atoms with van der Waals surface area (Å²) in [6.45, 7) is 5.93. The topological polar surface area (TPSA) is 87.9 Å². The van der Waals surface area contributed by atoms with Crippen LogP contribution in [0.1, 0.15) is 34.4 Å². The number of benzene rings is 2. The van der Waals surface area contributed by atoms with Crippen molar-refractivity contribution < 1.29 is 18.3 Å². The Morgan fingerprint density at radius 2 is 1.82 bits per heavy atom. The number of fused-ring (bicyclic) bond motifs is 1. The number of aliphatic hydroxyl groups is 1. The van der Waals surface area contributed by atoms with Crippen molar-refractivity contribution >= 4 is 21.6 Å². The molecule has 8 nitrogen and oxygen atoms in total. The summed E-state index contributed by atoms with van der Waals surface area (Å²) >= 11 is 6.51. The number of morpholine rings is 1. The molecule has 0 amide bonds. The van der Waals surface area contributed by atoms with Gasteiger partial charge in [0.2, 0.25) is 10.0 Å². The fourth-order valence-corrected chi connectivity index (χ4v) is 5.99. The van der Waals surface area contributed by atoms with E-state index in [1.54, 1.807) is 0 Å². The Bertz CT molecular complexity index is 1490. The second-order valence-electron chi connectivity index (χ2n) is 9.95. The van der Waals surface area contributed by atoms with Crippen LogP contribution in [0.15, 0.2) is 42.5 Å². The molecule has 2 aliphatic heterocycles. The molecule has 0 bridgehead atoms. The Hall–Kier alpha value is -2.71. The van der Waals surface area contributed by atoms with Gasteiger partial charge in [-0.25, -0.2) is 8.42 Å². The highest BCUT2D eigenvalue weighted by Gasteiger charge is 2.30. The summed E-state index contributed by atoms with van der Waals surface area (Å²) in [6.07, 6.45) is 2.83. The van der Waals surface area contributed by atoms with E-state index in [2.05, 4.69) is 21.4 Å². The Kier molecular flexibility index (Phi) is 8.72. The predicted molar refractivity (Wildman–Crippen MR) is 152 cm³/mol.